The summed E-state index contributed by atoms with van der Waals surface area (Å²) in [6.07, 6.45) is 0.0808. The lowest BCUT2D eigenvalue weighted by Crippen LogP contribution is -2.26. The van der Waals surface area contributed by atoms with Crippen molar-refractivity contribution < 1.29 is 14.3 Å². The molecule has 29 heavy (non-hydrogen) atoms. The molecule has 0 atom stereocenters. The quantitative estimate of drug-likeness (QED) is 0.469. The summed E-state index contributed by atoms with van der Waals surface area (Å²) >= 11 is 3.40. The Labute approximate surface area is 179 Å². The van der Waals surface area contributed by atoms with Gasteiger partial charge in [0.2, 0.25) is 5.91 Å². The number of carbonyl (C=O) groups is 2. The van der Waals surface area contributed by atoms with Gasteiger partial charge in [-0.25, -0.2) is 5.43 Å². The average molecular weight is 460 g/mol. The molecule has 6 nitrogen and oxygen atoms in total. The first-order chi connectivity index (χ1) is 13.7. The fraction of sp³-hybridized carbons (Fsp3) is 0.318. The molecule has 0 fully saturated rings. The number of carbonyl (C=O) groups excluding carboxylic acids is 2. The van der Waals surface area contributed by atoms with E-state index in [4.69, 9.17) is 4.74 Å². The van der Waals surface area contributed by atoms with Gasteiger partial charge in [-0.1, -0.05) is 23.8 Å². The summed E-state index contributed by atoms with van der Waals surface area (Å²) in [4.78, 5) is 24.2. The van der Waals surface area contributed by atoms with Crippen LogP contribution in [0.2, 0.25) is 0 Å². The minimum absolute atomic E-state index is 0.0808. The molecule has 0 aliphatic carbocycles. The molecule has 0 spiro atoms. The summed E-state index contributed by atoms with van der Waals surface area (Å²) in [7, 11) is 0. The van der Waals surface area contributed by atoms with Crippen molar-refractivity contribution in [1.29, 1.82) is 0 Å². The predicted molar refractivity (Wildman–Crippen MR) is 120 cm³/mol. The second kappa shape index (κ2) is 10.2. The van der Waals surface area contributed by atoms with Crippen LogP contribution in [0.4, 0.5) is 5.69 Å². The van der Waals surface area contributed by atoms with Crippen LogP contribution >= 0.6 is 15.9 Å². The Hall–Kier alpha value is -2.67. The molecule has 0 heterocycles. The number of hydrogen-bond acceptors (Lipinski definition) is 4. The highest BCUT2D eigenvalue weighted by Crippen LogP contribution is 2.25. The Morgan fingerprint density at radius 3 is 2.28 bits per heavy atom. The van der Waals surface area contributed by atoms with Gasteiger partial charge in [0.05, 0.1) is 10.9 Å². The maximum Gasteiger partial charge on any atom is 0.277 e. The summed E-state index contributed by atoms with van der Waals surface area (Å²) in [5, 5.41) is 6.90. The fourth-order valence-electron chi connectivity index (χ4n) is 2.89. The normalized spacial score (nSPS) is 11.2. The number of nitrogens with zero attached hydrogens (tertiary/aromatic N) is 1. The van der Waals surface area contributed by atoms with E-state index in [9.17, 15) is 9.59 Å². The third-order valence-electron chi connectivity index (χ3n) is 4.18. The number of anilines is 1. The van der Waals surface area contributed by atoms with Gasteiger partial charge in [-0.2, -0.15) is 5.10 Å². The summed E-state index contributed by atoms with van der Waals surface area (Å²) in [5.74, 6) is -0.00693. The first kappa shape index (κ1) is 22.6. The molecule has 7 heteroatoms. The molecule has 2 amide bonds. The van der Waals surface area contributed by atoms with E-state index in [-0.39, 0.29) is 18.9 Å². The molecular formula is C22H26BrN3O3. The molecule has 154 valence electrons. The number of benzene rings is 2. The van der Waals surface area contributed by atoms with Gasteiger partial charge in [0.25, 0.3) is 5.91 Å². The molecule has 0 aliphatic rings. The van der Waals surface area contributed by atoms with Crippen LogP contribution in [0.1, 0.15) is 35.6 Å². The van der Waals surface area contributed by atoms with Crippen molar-refractivity contribution in [3.63, 3.8) is 0 Å². The highest BCUT2D eigenvalue weighted by Gasteiger charge is 2.10. The number of rotatable bonds is 7. The van der Waals surface area contributed by atoms with Crippen molar-refractivity contribution in [1.82, 2.24) is 5.43 Å². The Balaban J connectivity index is 1.84. The monoisotopic (exact) mass is 459 g/mol. The molecule has 2 rings (SSSR count). The lowest BCUT2D eigenvalue weighted by molar-refractivity contribution is -0.123. The Morgan fingerprint density at radius 2 is 1.66 bits per heavy atom. The van der Waals surface area contributed by atoms with E-state index >= 15 is 0 Å². The topological polar surface area (TPSA) is 79.8 Å². The van der Waals surface area contributed by atoms with Crippen molar-refractivity contribution in [2.24, 2.45) is 5.10 Å². The zero-order chi connectivity index (χ0) is 21.6. The maximum atomic E-state index is 12.3. The molecule has 0 saturated heterocycles. The second-order valence-corrected chi connectivity index (χ2v) is 7.96. The Kier molecular flexibility index (Phi) is 7.96. The SMILES string of the molecule is CC(CC(=O)Nc1c(C)cc(C)cc1C)=NNC(=O)COc1ccc(C)cc1Br. The number of halogens is 1. The summed E-state index contributed by atoms with van der Waals surface area (Å²) < 4.78 is 6.26. The fourth-order valence-corrected chi connectivity index (χ4v) is 3.50. The second-order valence-electron chi connectivity index (χ2n) is 7.10. The number of hydrazone groups is 1. The molecule has 0 saturated carbocycles. The van der Waals surface area contributed by atoms with E-state index in [0.29, 0.717) is 11.5 Å². The Morgan fingerprint density at radius 1 is 1.00 bits per heavy atom. The smallest absolute Gasteiger partial charge is 0.277 e. The van der Waals surface area contributed by atoms with E-state index in [1.807, 2.05) is 52.0 Å². The van der Waals surface area contributed by atoms with E-state index in [1.165, 1.54) is 0 Å². The van der Waals surface area contributed by atoms with Gasteiger partial charge in [-0.3, -0.25) is 9.59 Å². The van der Waals surface area contributed by atoms with Crippen molar-refractivity contribution in [2.75, 3.05) is 11.9 Å². The van der Waals surface area contributed by atoms with Crippen LogP contribution < -0.4 is 15.5 Å². The van der Waals surface area contributed by atoms with Gasteiger partial charge >= 0.3 is 0 Å². The minimum Gasteiger partial charge on any atom is -0.483 e. The van der Waals surface area contributed by atoms with Crippen LogP contribution in [-0.4, -0.2) is 24.1 Å². The van der Waals surface area contributed by atoms with E-state index in [1.54, 1.807) is 13.0 Å². The number of ether oxygens (including phenoxy) is 1. The lowest BCUT2D eigenvalue weighted by atomic mass is 10.0. The zero-order valence-electron chi connectivity index (χ0n) is 17.4. The molecule has 2 aromatic rings. The van der Waals surface area contributed by atoms with Crippen molar-refractivity contribution in [2.45, 2.75) is 41.0 Å². The molecule has 0 bridgehead atoms. The number of aryl methyl sites for hydroxylation is 4. The molecule has 2 aromatic carbocycles. The van der Waals surface area contributed by atoms with Gasteiger partial charge in [0, 0.05) is 11.4 Å². The van der Waals surface area contributed by atoms with Crippen molar-refractivity contribution >= 4 is 39.1 Å². The van der Waals surface area contributed by atoms with E-state index in [0.717, 1.165) is 32.4 Å². The van der Waals surface area contributed by atoms with Gasteiger partial charge < -0.3 is 10.1 Å². The van der Waals surface area contributed by atoms with Crippen LogP contribution in [0.25, 0.3) is 0 Å². The maximum absolute atomic E-state index is 12.3. The number of amides is 2. The standard InChI is InChI=1S/C22H26BrN3O3/c1-13-6-7-19(18(23)10-13)29-12-21(28)26-25-17(5)11-20(27)24-22-15(3)8-14(2)9-16(22)4/h6-10H,11-12H2,1-5H3,(H,24,27)(H,26,28). The highest BCUT2D eigenvalue weighted by molar-refractivity contribution is 9.10. The largest absolute Gasteiger partial charge is 0.483 e. The summed E-state index contributed by atoms with van der Waals surface area (Å²) in [6.45, 7) is 9.42. The van der Waals surface area contributed by atoms with Crippen molar-refractivity contribution in [3.8, 4) is 5.75 Å². The van der Waals surface area contributed by atoms with Gasteiger partial charge in [-0.15, -0.1) is 0 Å². The molecule has 0 aromatic heterocycles. The first-order valence-electron chi connectivity index (χ1n) is 9.24. The molecule has 0 radical (unpaired) electrons. The zero-order valence-corrected chi connectivity index (χ0v) is 18.9. The van der Waals surface area contributed by atoms with Gasteiger partial charge in [0.1, 0.15) is 5.75 Å². The minimum atomic E-state index is -0.401. The van der Waals surface area contributed by atoms with Gasteiger partial charge in [0.15, 0.2) is 6.61 Å². The third-order valence-corrected chi connectivity index (χ3v) is 4.80. The molecule has 0 aliphatic heterocycles. The molecular weight excluding hydrogens is 434 g/mol. The van der Waals surface area contributed by atoms with Crippen LogP contribution in [0.5, 0.6) is 5.75 Å². The van der Waals surface area contributed by atoms with E-state index in [2.05, 4.69) is 31.8 Å². The summed E-state index contributed by atoms with van der Waals surface area (Å²) in [6, 6.07) is 9.65. The third kappa shape index (κ3) is 7.02. The van der Waals surface area contributed by atoms with Crippen molar-refractivity contribution in [3.05, 3.63) is 57.1 Å². The van der Waals surface area contributed by atoms with Crippen LogP contribution in [-0.2, 0) is 9.59 Å². The van der Waals surface area contributed by atoms with Crippen LogP contribution in [0, 0.1) is 27.7 Å². The molecule has 0 unspecified atom stereocenters. The highest BCUT2D eigenvalue weighted by atomic mass is 79.9. The van der Waals surface area contributed by atoms with Gasteiger partial charge in [-0.05, 0) is 79.4 Å². The Bertz CT molecular complexity index is 931. The lowest BCUT2D eigenvalue weighted by Gasteiger charge is -2.13. The van der Waals surface area contributed by atoms with Crippen LogP contribution in [0.3, 0.4) is 0 Å². The number of hydrogen-bond donors (Lipinski definition) is 2. The summed E-state index contributed by atoms with van der Waals surface area (Å²) in [5.41, 5.74) is 7.98. The first-order valence-corrected chi connectivity index (χ1v) is 10.0. The number of nitrogens with one attached hydrogen (secondary N) is 2. The van der Waals surface area contributed by atoms with E-state index < -0.39 is 5.91 Å². The van der Waals surface area contributed by atoms with Crippen LogP contribution in [0.15, 0.2) is 39.9 Å². The predicted octanol–water partition coefficient (Wildman–Crippen LogP) is 4.58. The molecule has 2 N–H and O–H groups in total. The average Bonchev–Trinajstić information content (AvgIpc) is 2.62.